The summed E-state index contributed by atoms with van der Waals surface area (Å²) < 4.78 is 0. The summed E-state index contributed by atoms with van der Waals surface area (Å²) in [6, 6.07) is 1.76. The zero-order chi connectivity index (χ0) is 11.5. The first-order valence-corrected chi connectivity index (χ1v) is 4.88. The fraction of sp³-hybridized carbons (Fsp3) is 0.400. The fourth-order valence-electron chi connectivity index (χ4n) is 0.939. The number of rotatable bonds is 4. The number of aromatic nitrogens is 1. The van der Waals surface area contributed by atoms with E-state index in [-0.39, 0.29) is 0 Å². The molecule has 0 aromatic carbocycles. The molecule has 0 bridgehead atoms. The molecule has 0 fully saturated rings. The van der Waals surface area contributed by atoms with Crippen LogP contribution in [0.5, 0.6) is 0 Å². The number of carboxylic acids is 1. The van der Waals surface area contributed by atoms with Gasteiger partial charge < -0.3 is 5.11 Å². The van der Waals surface area contributed by atoms with Gasteiger partial charge >= 0.3 is 5.97 Å². The van der Waals surface area contributed by atoms with Crippen molar-refractivity contribution >= 4 is 17.6 Å². The van der Waals surface area contributed by atoms with Crippen molar-refractivity contribution in [1.29, 1.82) is 0 Å². The number of hydrogen-bond donors (Lipinski definition) is 2. The smallest absolute Gasteiger partial charge is 0.323 e. The first-order valence-electron chi connectivity index (χ1n) is 4.50. The lowest BCUT2D eigenvalue weighted by Gasteiger charge is -2.21. The van der Waals surface area contributed by atoms with Crippen molar-refractivity contribution in [2.45, 2.75) is 25.9 Å². The minimum absolute atomic E-state index is 0.403. The van der Waals surface area contributed by atoms with Gasteiger partial charge in [0.05, 0.1) is 5.02 Å². The Morgan fingerprint density at radius 3 is 2.87 bits per heavy atom. The molecule has 2 N–H and O–H groups in total. The molecule has 82 valence electrons. The van der Waals surface area contributed by atoms with E-state index < -0.39 is 11.5 Å². The highest BCUT2D eigenvalue weighted by molar-refractivity contribution is 6.31. The number of nitrogens with zero attached hydrogens (tertiary/aromatic N) is 1. The predicted molar refractivity (Wildman–Crippen MR) is 57.8 cm³/mol. The van der Waals surface area contributed by atoms with E-state index in [1.807, 2.05) is 0 Å². The van der Waals surface area contributed by atoms with E-state index in [1.54, 1.807) is 26.1 Å². The Kier molecular flexibility index (Phi) is 3.66. The molecule has 1 rings (SSSR count). The number of aliphatic carboxylic acids is 1. The lowest BCUT2D eigenvalue weighted by atomic mass is 10.1. The minimum atomic E-state index is -0.966. The highest BCUT2D eigenvalue weighted by Gasteiger charge is 2.26. The van der Waals surface area contributed by atoms with Crippen LogP contribution < -0.4 is 5.32 Å². The third-order valence-electron chi connectivity index (χ3n) is 2.11. The van der Waals surface area contributed by atoms with E-state index in [2.05, 4.69) is 10.3 Å². The fourth-order valence-corrected chi connectivity index (χ4v) is 1.13. The molecule has 1 aromatic heterocycles. The molecule has 5 heteroatoms. The van der Waals surface area contributed by atoms with Crippen molar-refractivity contribution in [2.24, 2.45) is 0 Å². The molecule has 1 heterocycles. The van der Waals surface area contributed by atoms with Crippen molar-refractivity contribution in [3.8, 4) is 0 Å². The van der Waals surface area contributed by atoms with Gasteiger partial charge in [-0.1, -0.05) is 11.6 Å². The van der Waals surface area contributed by atoms with Crippen LogP contribution in [0.2, 0.25) is 5.02 Å². The van der Waals surface area contributed by atoms with Gasteiger partial charge in [0, 0.05) is 18.9 Å². The first kappa shape index (κ1) is 11.9. The van der Waals surface area contributed by atoms with E-state index in [0.717, 1.165) is 5.56 Å². The van der Waals surface area contributed by atoms with Crippen LogP contribution in [-0.2, 0) is 11.3 Å². The second kappa shape index (κ2) is 4.59. The topological polar surface area (TPSA) is 62.2 Å². The third-order valence-corrected chi connectivity index (χ3v) is 2.45. The average Bonchev–Trinajstić information content (AvgIpc) is 2.16. The number of pyridine rings is 1. The summed E-state index contributed by atoms with van der Waals surface area (Å²) in [6.07, 6.45) is 3.16. The summed E-state index contributed by atoms with van der Waals surface area (Å²) in [4.78, 5) is 14.7. The number of nitrogens with one attached hydrogen (secondary N) is 1. The maximum Gasteiger partial charge on any atom is 0.323 e. The van der Waals surface area contributed by atoms with E-state index in [9.17, 15) is 4.79 Å². The van der Waals surface area contributed by atoms with Crippen molar-refractivity contribution in [2.75, 3.05) is 0 Å². The summed E-state index contributed by atoms with van der Waals surface area (Å²) in [5.41, 5.74) is -0.131. The van der Waals surface area contributed by atoms with Gasteiger partial charge in [-0.25, -0.2) is 0 Å². The monoisotopic (exact) mass is 228 g/mol. The molecular formula is C10H13ClN2O2. The molecule has 0 aliphatic heterocycles. The van der Waals surface area contributed by atoms with Gasteiger partial charge in [0.1, 0.15) is 5.54 Å². The normalized spacial score (nSPS) is 11.4. The Morgan fingerprint density at radius 2 is 2.33 bits per heavy atom. The summed E-state index contributed by atoms with van der Waals surface area (Å²) in [7, 11) is 0. The van der Waals surface area contributed by atoms with Crippen molar-refractivity contribution in [3.63, 3.8) is 0 Å². The standard InChI is InChI=1S/C10H13ClN2O2/c1-10(2,9(14)15)13-5-7-3-4-12-6-8(7)11/h3-4,6,13H,5H2,1-2H3,(H,14,15). The highest BCUT2D eigenvalue weighted by Crippen LogP contribution is 2.14. The van der Waals surface area contributed by atoms with Gasteiger partial charge in [-0.15, -0.1) is 0 Å². The minimum Gasteiger partial charge on any atom is -0.480 e. The molecule has 1 aromatic rings. The van der Waals surface area contributed by atoms with Gasteiger partial charge in [-0.2, -0.15) is 0 Å². The second-order valence-electron chi connectivity index (χ2n) is 3.75. The van der Waals surface area contributed by atoms with Crippen molar-refractivity contribution in [1.82, 2.24) is 10.3 Å². The molecule has 4 nitrogen and oxygen atoms in total. The van der Waals surface area contributed by atoms with Crippen LogP contribution in [0.25, 0.3) is 0 Å². The summed E-state index contributed by atoms with van der Waals surface area (Å²) in [6.45, 7) is 3.61. The Balaban J connectivity index is 2.66. The molecular weight excluding hydrogens is 216 g/mol. The van der Waals surface area contributed by atoms with Crippen LogP contribution in [-0.4, -0.2) is 21.6 Å². The quantitative estimate of drug-likeness (QED) is 0.823. The van der Waals surface area contributed by atoms with Crippen molar-refractivity contribution < 1.29 is 9.90 Å². The number of halogens is 1. The molecule has 0 amide bonds. The number of carboxylic acid groups (broad SMARTS) is 1. The van der Waals surface area contributed by atoms with Gasteiger partial charge in [0.2, 0.25) is 0 Å². The van der Waals surface area contributed by atoms with Crippen LogP contribution in [0.3, 0.4) is 0 Å². The van der Waals surface area contributed by atoms with Crippen LogP contribution >= 0.6 is 11.6 Å². The first-order chi connectivity index (χ1) is 6.93. The van der Waals surface area contributed by atoms with Gasteiger partial charge in [0.25, 0.3) is 0 Å². The van der Waals surface area contributed by atoms with E-state index in [1.165, 1.54) is 6.20 Å². The molecule has 0 radical (unpaired) electrons. The van der Waals surface area contributed by atoms with Crippen LogP contribution in [0.1, 0.15) is 19.4 Å². The van der Waals surface area contributed by atoms with E-state index >= 15 is 0 Å². The van der Waals surface area contributed by atoms with Crippen LogP contribution in [0.15, 0.2) is 18.5 Å². The Labute approximate surface area is 93.3 Å². The second-order valence-corrected chi connectivity index (χ2v) is 4.16. The Hall–Kier alpha value is -1.13. The zero-order valence-corrected chi connectivity index (χ0v) is 9.38. The van der Waals surface area contributed by atoms with Crippen LogP contribution in [0.4, 0.5) is 0 Å². The SMILES string of the molecule is CC(C)(NCc1ccncc1Cl)C(=O)O. The Bertz CT molecular complexity index is 366. The maximum atomic E-state index is 10.8. The predicted octanol–water partition coefficient (Wildman–Crippen LogP) is 1.69. The number of hydrogen-bond acceptors (Lipinski definition) is 3. The molecule has 0 aliphatic carbocycles. The van der Waals surface area contributed by atoms with Gasteiger partial charge in [-0.05, 0) is 25.5 Å². The largest absolute Gasteiger partial charge is 0.480 e. The van der Waals surface area contributed by atoms with Gasteiger partial charge in [-0.3, -0.25) is 15.1 Å². The summed E-state index contributed by atoms with van der Waals surface area (Å²) in [5, 5.41) is 12.3. The summed E-state index contributed by atoms with van der Waals surface area (Å²) >= 11 is 5.88. The average molecular weight is 229 g/mol. The molecule has 0 aliphatic rings. The Morgan fingerprint density at radius 1 is 1.67 bits per heavy atom. The molecule has 0 atom stereocenters. The molecule has 0 spiro atoms. The lowest BCUT2D eigenvalue weighted by molar-refractivity contribution is -0.143. The molecule has 15 heavy (non-hydrogen) atoms. The third kappa shape index (κ3) is 3.18. The van der Waals surface area contributed by atoms with Gasteiger partial charge in [0.15, 0.2) is 0 Å². The zero-order valence-electron chi connectivity index (χ0n) is 8.62. The van der Waals surface area contributed by atoms with E-state index in [0.29, 0.717) is 11.6 Å². The lowest BCUT2D eigenvalue weighted by Crippen LogP contribution is -2.46. The highest BCUT2D eigenvalue weighted by atomic mass is 35.5. The van der Waals surface area contributed by atoms with Crippen molar-refractivity contribution in [3.05, 3.63) is 29.0 Å². The van der Waals surface area contributed by atoms with Crippen LogP contribution in [0, 0.1) is 0 Å². The maximum absolute atomic E-state index is 10.8. The number of carbonyl (C=O) groups is 1. The molecule has 0 unspecified atom stereocenters. The molecule has 0 saturated heterocycles. The summed E-state index contributed by atoms with van der Waals surface area (Å²) in [5.74, 6) is -0.896. The molecule has 0 saturated carbocycles. The van der Waals surface area contributed by atoms with E-state index in [4.69, 9.17) is 16.7 Å².